The van der Waals surface area contributed by atoms with E-state index in [-0.39, 0.29) is 0 Å². The van der Waals surface area contributed by atoms with Gasteiger partial charge in [-0.25, -0.2) is 0 Å². The van der Waals surface area contributed by atoms with Gasteiger partial charge in [-0.1, -0.05) is 51.7 Å². The van der Waals surface area contributed by atoms with E-state index in [9.17, 15) is 0 Å². The Morgan fingerprint density at radius 3 is 1.83 bits per heavy atom. The molecule has 0 N–H and O–H groups in total. The third-order valence-corrected chi connectivity index (χ3v) is 2.39. The van der Waals surface area contributed by atoms with E-state index in [2.05, 4.69) is 34.6 Å². The van der Waals surface area contributed by atoms with Crippen molar-refractivity contribution in [1.82, 2.24) is 0 Å². The predicted octanol–water partition coefficient (Wildman–Crippen LogP) is 4.56. The van der Waals surface area contributed by atoms with Gasteiger partial charge in [0.25, 0.3) is 0 Å². The Labute approximate surface area is 78.1 Å². The van der Waals surface area contributed by atoms with Crippen molar-refractivity contribution in [3.63, 3.8) is 0 Å². The molecule has 0 aliphatic carbocycles. The van der Waals surface area contributed by atoms with Gasteiger partial charge in [0.2, 0.25) is 0 Å². The van der Waals surface area contributed by atoms with Crippen molar-refractivity contribution in [2.45, 2.75) is 60.3 Å². The Kier molecular flexibility index (Phi) is 6.14. The molecule has 0 nitrogen and oxygen atoms in total. The molecule has 0 spiro atoms. The first-order valence-electron chi connectivity index (χ1n) is 5.31. The summed E-state index contributed by atoms with van der Waals surface area (Å²) in [6, 6.07) is 0. The van der Waals surface area contributed by atoms with Gasteiger partial charge in [-0.05, 0) is 25.7 Å². The molecule has 12 heavy (non-hydrogen) atoms. The predicted molar refractivity (Wildman–Crippen MR) is 57.4 cm³/mol. The number of hydrogen-bond acceptors (Lipinski definition) is 0. The monoisotopic (exact) mass is 168 g/mol. The van der Waals surface area contributed by atoms with Crippen molar-refractivity contribution >= 4 is 0 Å². The Hall–Kier alpha value is -0.260. The molecule has 0 aromatic heterocycles. The largest absolute Gasteiger partial charge is 0.0739 e. The van der Waals surface area contributed by atoms with Gasteiger partial charge in [-0.3, -0.25) is 0 Å². The highest BCUT2D eigenvalue weighted by Crippen LogP contribution is 2.22. The lowest BCUT2D eigenvalue weighted by Gasteiger charge is -2.14. The Morgan fingerprint density at radius 2 is 1.50 bits per heavy atom. The normalized spacial score (nSPS) is 13.5. The molecule has 0 amide bonds. The smallest absolute Gasteiger partial charge is 0.0258 e. The zero-order chi connectivity index (χ0) is 9.56. The van der Waals surface area contributed by atoms with Crippen LogP contribution in [-0.4, -0.2) is 0 Å². The highest BCUT2D eigenvalue weighted by atomic mass is 14.1. The summed E-state index contributed by atoms with van der Waals surface area (Å²) in [5.74, 6) is 0.747. The molecule has 0 radical (unpaired) electrons. The summed E-state index contributed by atoms with van der Waals surface area (Å²) in [5, 5.41) is 0. The SMILES string of the molecule is CCCC(C)=C(CCC)C(C)C. The van der Waals surface area contributed by atoms with E-state index >= 15 is 0 Å². The molecular weight excluding hydrogens is 144 g/mol. The van der Waals surface area contributed by atoms with E-state index in [4.69, 9.17) is 0 Å². The number of allylic oxidation sites excluding steroid dienone is 2. The fourth-order valence-electron chi connectivity index (χ4n) is 1.80. The molecule has 0 aromatic carbocycles. The summed E-state index contributed by atoms with van der Waals surface area (Å²) in [6.45, 7) is 11.4. The average molecular weight is 168 g/mol. The average Bonchev–Trinajstić information content (AvgIpc) is 1.99. The van der Waals surface area contributed by atoms with Crippen molar-refractivity contribution in [1.29, 1.82) is 0 Å². The van der Waals surface area contributed by atoms with Gasteiger partial charge in [0.15, 0.2) is 0 Å². The van der Waals surface area contributed by atoms with Crippen molar-refractivity contribution in [3.05, 3.63) is 11.1 Å². The summed E-state index contributed by atoms with van der Waals surface area (Å²) >= 11 is 0. The Balaban J connectivity index is 4.32. The highest BCUT2D eigenvalue weighted by Gasteiger charge is 2.05. The van der Waals surface area contributed by atoms with E-state index in [1.807, 2.05) is 0 Å². The summed E-state index contributed by atoms with van der Waals surface area (Å²) in [5.41, 5.74) is 3.33. The summed E-state index contributed by atoms with van der Waals surface area (Å²) < 4.78 is 0. The second-order valence-corrected chi connectivity index (χ2v) is 3.96. The van der Waals surface area contributed by atoms with Gasteiger partial charge in [0.1, 0.15) is 0 Å². The summed E-state index contributed by atoms with van der Waals surface area (Å²) in [7, 11) is 0. The lowest BCUT2D eigenvalue weighted by atomic mass is 9.92. The van der Waals surface area contributed by atoms with E-state index < -0.39 is 0 Å². The molecule has 0 aromatic rings. The van der Waals surface area contributed by atoms with E-state index in [0.29, 0.717) is 0 Å². The molecule has 0 heteroatoms. The van der Waals surface area contributed by atoms with Crippen molar-refractivity contribution in [3.8, 4) is 0 Å². The van der Waals surface area contributed by atoms with E-state index in [0.717, 1.165) is 5.92 Å². The first-order chi connectivity index (χ1) is 5.63. The standard InChI is InChI=1S/C12H24/c1-6-8-11(5)12(9-7-2)10(3)4/h10H,6-9H2,1-5H3. The van der Waals surface area contributed by atoms with Gasteiger partial charge >= 0.3 is 0 Å². The van der Waals surface area contributed by atoms with Gasteiger partial charge in [-0.2, -0.15) is 0 Å². The lowest BCUT2D eigenvalue weighted by Crippen LogP contribution is -1.97. The minimum Gasteiger partial charge on any atom is -0.0739 e. The van der Waals surface area contributed by atoms with E-state index in [1.54, 1.807) is 11.1 Å². The van der Waals surface area contributed by atoms with Crippen LogP contribution in [0.25, 0.3) is 0 Å². The minimum atomic E-state index is 0.747. The molecule has 0 atom stereocenters. The zero-order valence-electron chi connectivity index (χ0n) is 9.41. The van der Waals surface area contributed by atoms with Crippen LogP contribution in [0.1, 0.15) is 60.3 Å². The maximum Gasteiger partial charge on any atom is -0.0258 e. The van der Waals surface area contributed by atoms with Crippen LogP contribution < -0.4 is 0 Å². The van der Waals surface area contributed by atoms with Crippen LogP contribution in [0.4, 0.5) is 0 Å². The van der Waals surface area contributed by atoms with Gasteiger partial charge in [-0.15, -0.1) is 0 Å². The molecule has 0 aliphatic heterocycles. The van der Waals surface area contributed by atoms with Crippen LogP contribution >= 0.6 is 0 Å². The molecule has 0 rings (SSSR count). The van der Waals surface area contributed by atoms with Crippen LogP contribution in [0.2, 0.25) is 0 Å². The molecule has 0 aliphatic rings. The first kappa shape index (κ1) is 11.7. The van der Waals surface area contributed by atoms with Crippen LogP contribution in [0, 0.1) is 5.92 Å². The second kappa shape index (κ2) is 6.28. The van der Waals surface area contributed by atoms with Crippen molar-refractivity contribution < 1.29 is 0 Å². The highest BCUT2D eigenvalue weighted by molar-refractivity contribution is 5.13. The maximum atomic E-state index is 2.31. The van der Waals surface area contributed by atoms with Crippen molar-refractivity contribution in [2.75, 3.05) is 0 Å². The molecule has 0 heterocycles. The molecule has 72 valence electrons. The third-order valence-electron chi connectivity index (χ3n) is 2.39. The topological polar surface area (TPSA) is 0 Å². The van der Waals surface area contributed by atoms with Crippen LogP contribution in [0.5, 0.6) is 0 Å². The van der Waals surface area contributed by atoms with Crippen LogP contribution in [-0.2, 0) is 0 Å². The van der Waals surface area contributed by atoms with Gasteiger partial charge < -0.3 is 0 Å². The van der Waals surface area contributed by atoms with E-state index in [1.165, 1.54) is 25.7 Å². The molecule has 0 saturated carbocycles. The van der Waals surface area contributed by atoms with Gasteiger partial charge in [0.05, 0.1) is 0 Å². The van der Waals surface area contributed by atoms with Gasteiger partial charge in [0, 0.05) is 0 Å². The van der Waals surface area contributed by atoms with Crippen LogP contribution in [0.3, 0.4) is 0 Å². The zero-order valence-corrected chi connectivity index (χ0v) is 9.41. The summed E-state index contributed by atoms with van der Waals surface area (Å²) in [4.78, 5) is 0. The second-order valence-electron chi connectivity index (χ2n) is 3.96. The van der Waals surface area contributed by atoms with Crippen molar-refractivity contribution in [2.24, 2.45) is 5.92 Å². The molecular formula is C12H24. The fraction of sp³-hybridized carbons (Fsp3) is 0.833. The summed E-state index contributed by atoms with van der Waals surface area (Å²) in [6.07, 6.45) is 5.15. The molecule has 0 unspecified atom stereocenters. The molecule has 0 saturated heterocycles. The first-order valence-corrected chi connectivity index (χ1v) is 5.31. The van der Waals surface area contributed by atoms with Crippen LogP contribution in [0.15, 0.2) is 11.1 Å². The molecule has 0 bridgehead atoms. The Morgan fingerprint density at radius 1 is 1.00 bits per heavy atom. The maximum absolute atomic E-state index is 2.31. The quantitative estimate of drug-likeness (QED) is 0.528. The Bertz CT molecular complexity index is 140. The third kappa shape index (κ3) is 3.94. The number of hydrogen-bond donors (Lipinski definition) is 0. The lowest BCUT2D eigenvalue weighted by molar-refractivity contribution is 0.676. The number of rotatable bonds is 5. The fourth-order valence-corrected chi connectivity index (χ4v) is 1.80. The molecule has 0 fully saturated rings. The minimum absolute atomic E-state index is 0.747.